The molecule has 1 unspecified atom stereocenters. The van der Waals surface area contributed by atoms with E-state index in [2.05, 4.69) is 26.1 Å². The lowest BCUT2D eigenvalue weighted by Gasteiger charge is -2.24. The van der Waals surface area contributed by atoms with E-state index >= 15 is 0 Å². The highest BCUT2D eigenvalue weighted by atomic mass is 32.2. The zero-order valence-electron chi connectivity index (χ0n) is 20.1. The van der Waals surface area contributed by atoms with Crippen molar-refractivity contribution in [3.8, 4) is 16.5 Å². The minimum absolute atomic E-state index is 0.120. The standard InChI is InChI=1S/C25H27N5O4S2/c1-16(2)22-28-24(34-29-22)30-12-9-17(10-13-30)11-14-33-25-27-21-8-7-20(26-23(21)35-25)19-5-3-18(4-6-19)15-36(31)32/h3-9,16H,10-15H2,1-2H3,(H,31,32). The van der Waals surface area contributed by atoms with Crippen molar-refractivity contribution in [1.82, 2.24) is 20.1 Å². The fraction of sp³-hybridized carbons (Fsp3) is 0.360. The van der Waals surface area contributed by atoms with Crippen LogP contribution in [-0.2, 0) is 16.8 Å². The lowest BCUT2D eigenvalue weighted by molar-refractivity contribution is 0.318. The highest BCUT2D eigenvalue weighted by Crippen LogP contribution is 2.30. The lowest BCUT2D eigenvalue weighted by Crippen LogP contribution is -2.29. The Morgan fingerprint density at radius 2 is 2.00 bits per heavy atom. The van der Waals surface area contributed by atoms with Crippen LogP contribution >= 0.6 is 11.3 Å². The molecule has 4 heterocycles. The number of anilines is 1. The molecule has 0 amide bonds. The normalized spacial score (nSPS) is 14.9. The summed E-state index contributed by atoms with van der Waals surface area (Å²) in [6, 6.07) is 12.0. The van der Waals surface area contributed by atoms with Crippen LogP contribution in [0.5, 0.6) is 5.19 Å². The van der Waals surface area contributed by atoms with Crippen LogP contribution < -0.4 is 9.64 Å². The van der Waals surface area contributed by atoms with E-state index in [0.717, 1.165) is 58.9 Å². The summed E-state index contributed by atoms with van der Waals surface area (Å²) >= 11 is -0.416. The molecule has 0 saturated carbocycles. The molecule has 36 heavy (non-hydrogen) atoms. The smallest absolute Gasteiger partial charge is 0.324 e. The third-order valence-electron chi connectivity index (χ3n) is 5.95. The molecule has 0 bridgehead atoms. The van der Waals surface area contributed by atoms with Crippen LogP contribution in [0.4, 0.5) is 6.01 Å². The second-order valence-corrected chi connectivity index (χ2v) is 10.8. The second-order valence-electron chi connectivity index (χ2n) is 8.91. The largest absolute Gasteiger partial charge is 0.470 e. The number of thiazole rings is 1. The molecule has 1 N–H and O–H groups in total. The van der Waals surface area contributed by atoms with E-state index in [4.69, 9.17) is 18.8 Å². The first-order chi connectivity index (χ1) is 17.4. The number of nitrogens with zero attached hydrogens (tertiary/aromatic N) is 5. The average Bonchev–Trinajstić information content (AvgIpc) is 3.52. The van der Waals surface area contributed by atoms with Crippen LogP contribution in [0.3, 0.4) is 0 Å². The Morgan fingerprint density at radius 3 is 2.69 bits per heavy atom. The molecular formula is C25H27N5O4S2. The van der Waals surface area contributed by atoms with Crippen molar-refractivity contribution in [2.24, 2.45) is 0 Å². The first kappa shape index (κ1) is 24.5. The Hall–Kier alpha value is -3.15. The van der Waals surface area contributed by atoms with Crippen molar-refractivity contribution in [3.05, 3.63) is 59.4 Å². The summed E-state index contributed by atoms with van der Waals surface area (Å²) in [5.41, 5.74) is 4.74. The van der Waals surface area contributed by atoms with Gasteiger partial charge < -0.3 is 18.7 Å². The lowest BCUT2D eigenvalue weighted by atomic mass is 10.1. The van der Waals surface area contributed by atoms with E-state index in [1.54, 1.807) is 0 Å². The number of hydrogen-bond donors (Lipinski definition) is 1. The molecule has 0 radical (unpaired) electrons. The number of rotatable bonds is 9. The minimum Gasteiger partial charge on any atom is -0.470 e. The van der Waals surface area contributed by atoms with E-state index < -0.39 is 11.1 Å². The van der Waals surface area contributed by atoms with Crippen molar-refractivity contribution in [2.75, 3.05) is 24.6 Å². The molecule has 5 rings (SSSR count). The number of ether oxygens (including phenoxy) is 1. The summed E-state index contributed by atoms with van der Waals surface area (Å²) in [5, 5.41) is 4.66. The molecule has 11 heteroatoms. The average molecular weight is 526 g/mol. The van der Waals surface area contributed by atoms with Crippen molar-refractivity contribution >= 4 is 38.8 Å². The van der Waals surface area contributed by atoms with Gasteiger partial charge in [0.2, 0.25) is 0 Å². The molecule has 3 aromatic heterocycles. The van der Waals surface area contributed by atoms with Gasteiger partial charge in [-0.25, -0.2) is 14.2 Å². The maximum atomic E-state index is 11.0. The zero-order valence-corrected chi connectivity index (χ0v) is 21.7. The predicted molar refractivity (Wildman–Crippen MR) is 141 cm³/mol. The first-order valence-corrected chi connectivity index (χ1v) is 13.9. The van der Waals surface area contributed by atoms with Gasteiger partial charge in [-0.3, -0.25) is 0 Å². The third-order valence-corrected chi connectivity index (χ3v) is 7.40. The Bertz CT molecular complexity index is 1400. The molecular weight excluding hydrogens is 498 g/mol. The molecule has 1 atom stereocenters. The summed E-state index contributed by atoms with van der Waals surface area (Å²) in [5.74, 6) is 1.10. The van der Waals surface area contributed by atoms with E-state index in [9.17, 15) is 4.21 Å². The van der Waals surface area contributed by atoms with Crippen molar-refractivity contribution in [3.63, 3.8) is 0 Å². The number of hydrogen-bond acceptors (Lipinski definition) is 9. The van der Waals surface area contributed by atoms with Crippen molar-refractivity contribution in [1.29, 1.82) is 0 Å². The van der Waals surface area contributed by atoms with Gasteiger partial charge in [-0.1, -0.05) is 66.3 Å². The van der Waals surface area contributed by atoms with Gasteiger partial charge in [0, 0.05) is 31.0 Å². The van der Waals surface area contributed by atoms with Gasteiger partial charge in [-0.05, 0) is 24.1 Å². The van der Waals surface area contributed by atoms with Crippen LogP contribution in [-0.4, -0.2) is 48.6 Å². The van der Waals surface area contributed by atoms with Crippen LogP contribution in [0.15, 0.2) is 52.6 Å². The minimum atomic E-state index is -1.85. The molecule has 0 spiro atoms. The molecule has 1 aliphatic heterocycles. The Kier molecular flexibility index (Phi) is 7.40. The van der Waals surface area contributed by atoms with E-state index in [0.29, 0.717) is 17.8 Å². The van der Waals surface area contributed by atoms with Gasteiger partial charge in [-0.15, -0.1) is 0 Å². The summed E-state index contributed by atoms with van der Waals surface area (Å²) in [7, 11) is 0. The predicted octanol–water partition coefficient (Wildman–Crippen LogP) is 5.19. The maximum Gasteiger partial charge on any atom is 0.324 e. The number of fused-ring (bicyclic) bond motifs is 1. The monoisotopic (exact) mass is 525 g/mol. The molecule has 1 aliphatic rings. The number of pyridine rings is 1. The summed E-state index contributed by atoms with van der Waals surface area (Å²) in [4.78, 5) is 16.7. The molecule has 1 aromatic carbocycles. The van der Waals surface area contributed by atoms with Crippen LogP contribution in [0, 0.1) is 0 Å². The third kappa shape index (κ3) is 5.80. The zero-order chi connectivity index (χ0) is 25.1. The summed E-state index contributed by atoms with van der Waals surface area (Å²) in [6.07, 6.45) is 3.98. The van der Waals surface area contributed by atoms with Gasteiger partial charge in [-0.2, -0.15) is 4.98 Å². The Balaban J connectivity index is 1.16. The number of aromatic nitrogens is 4. The Morgan fingerprint density at radius 1 is 1.17 bits per heavy atom. The summed E-state index contributed by atoms with van der Waals surface area (Å²) in [6.45, 7) is 6.26. The van der Waals surface area contributed by atoms with Gasteiger partial charge in [0.1, 0.15) is 10.3 Å². The van der Waals surface area contributed by atoms with Gasteiger partial charge in [0.05, 0.1) is 18.1 Å². The second kappa shape index (κ2) is 10.9. The molecule has 4 aromatic rings. The topological polar surface area (TPSA) is 114 Å². The molecule has 0 aliphatic carbocycles. The quantitative estimate of drug-likeness (QED) is 0.233. The van der Waals surface area contributed by atoms with E-state index in [-0.39, 0.29) is 11.7 Å². The van der Waals surface area contributed by atoms with Crippen LogP contribution in [0.2, 0.25) is 0 Å². The van der Waals surface area contributed by atoms with Crippen molar-refractivity contribution in [2.45, 2.75) is 38.4 Å². The maximum absolute atomic E-state index is 11.0. The molecule has 0 fully saturated rings. The van der Waals surface area contributed by atoms with Gasteiger partial charge >= 0.3 is 6.01 Å². The fourth-order valence-electron chi connectivity index (χ4n) is 3.90. The highest BCUT2D eigenvalue weighted by Gasteiger charge is 2.19. The van der Waals surface area contributed by atoms with E-state index in [1.165, 1.54) is 16.9 Å². The van der Waals surface area contributed by atoms with Gasteiger partial charge in [0.25, 0.3) is 5.19 Å². The van der Waals surface area contributed by atoms with E-state index in [1.807, 2.05) is 50.2 Å². The van der Waals surface area contributed by atoms with Crippen LogP contribution in [0.1, 0.15) is 44.0 Å². The SMILES string of the molecule is CC(C)c1noc(N2CC=C(CCOc3nc4ccc(-c5ccc(CS(=O)O)cc5)nc4s3)CC2)n1. The first-order valence-electron chi connectivity index (χ1n) is 11.8. The molecule has 9 nitrogen and oxygen atoms in total. The van der Waals surface area contributed by atoms with Gasteiger partial charge in [0.15, 0.2) is 16.9 Å². The van der Waals surface area contributed by atoms with Crippen LogP contribution in [0.25, 0.3) is 21.6 Å². The molecule has 0 saturated heterocycles. The van der Waals surface area contributed by atoms with Crippen molar-refractivity contribution < 1.29 is 18.0 Å². The fourth-order valence-corrected chi connectivity index (χ4v) is 5.20. The summed E-state index contributed by atoms with van der Waals surface area (Å²) < 4.78 is 31.4. The number of benzene rings is 1. The Labute approximate surface area is 215 Å². The molecule has 188 valence electrons. The highest BCUT2D eigenvalue weighted by molar-refractivity contribution is 7.78.